The third-order valence-corrected chi connectivity index (χ3v) is 3.12. The zero-order valence-corrected chi connectivity index (χ0v) is 11.2. The Hall–Kier alpha value is -1.68. The van der Waals surface area contributed by atoms with Gasteiger partial charge in [-0.3, -0.25) is 4.68 Å². The summed E-state index contributed by atoms with van der Waals surface area (Å²) in [6, 6.07) is 8.93. The fourth-order valence-corrected chi connectivity index (χ4v) is 2.10. The first-order valence-electron chi connectivity index (χ1n) is 6.34. The molecule has 1 N–H and O–H groups in total. The number of aryl methyl sites for hydroxylation is 2. The molecule has 1 unspecified atom stereocenters. The summed E-state index contributed by atoms with van der Waals surface area (Å²) in [6.07, 6.45) is 2.79. The lowest BCUT2D eigenvalue weighted by Gasteiger charge is -2.17. The molecule has 0 fully saturated rings. The van der Waals surface area contributed by atoms with Crippen molar-refractivity contribution in [3.05, 3.63) is 47.3 Å². The van der Waals surface area contributed by atoms with Crippen LogP contribution in [0.15, 0.2) is 30.5 Å². The van der Waals surface area contributed by atoms with E-state index in [2.05, 4.69) is 53.7 Å². The van der Waals surface area contributed by atoms with E-state index in [-0.39, 0.29) is 6.04 Å². The summed E-state index contributed by atoms with van der Waals surface area (Å²) in [5.74, 6) is 0. The van der Waals surface area contributed by atoms with E-state index in [1.54, 1.807) is 0 Å². The number of aromatic nitrogens is 3. The SMILES string of the molecule is CCNC(Cc1ccc(C)cc1)c1cnnn1C. The zero-order valence-electron chi connectivity index (χ0n) is 11.2. The predicted octanol–water partition coefficient (Wildman–Crippen LogP) is 2.02. The molecule has 4 heteroatoms. The van der Waals surface area contributed by atoms with Gasteiger partial charge in [-0.1, -0.05) is 42.0 Å². The smallest absolute Gasteiger partial charge is 0.0756 e. The summed E-state index contributed by atoms with van der Waals surface area (Å²) in [7, 11) is 1.93. The minimum atomic E-state index is 0.262. The van der Waals surface area contributed by atoms with E-state index in [1.165, 1.54) is 11.1 Å². The van der Waals surface area contributed by atoms with E-state index in [0.717, 1.165) is 18.7 Å². The van der Waals surface area contributed by atoms with Crippen molar-refractivity contribution < 1.29 is 0 Å². The van der Waals surface area contributed by atoms with E-state index < -0.39 is 0 Å². The van der Waals surface area contributed by atoms with Gasteiger partial charge in [0.2, 0.25) is 0 Å². The lowest BCUT2D eigenvalue weighted by molar-refractivity contribution is 0.506. The van der Waals surface area contributed by atoms with Crippen molar-refractivity contribution in [3.8, 4) is 0 Å². The maximum absolute atomic E-state index is 4.00. The first kappa shape index (κ1) is 12.8. The topological polar surface area (TPSA) is 42.7 Å². The second kappa shape index (κ2) is 5.78. The van der Waals surface area contributed by atoms with Crippen LogP contribution < -0.4 is 5.32 Å². The molecular formula is C14H20N4. The van der Waals surface area contributed by atoms with Crippen molar-refractivity contribution >= 4 is 0 Å². The molecule has 4 nitrogen and oxygen atoms in total. The molecule has 1 aromatic carbocycles. The van der Waals surface area contributed by atoms with Gasteiger partial charge >= 0.3 is 0 Å². The average molecular weight is 244 g/mol. The third kappa shape index (κ3) is 2.96. The van der Waals surface area contributed by atoms with Crippen LogP contribution in [0.5, 0.6) is 0 Å². The Kier molecular flexibility index (Phi) is 4.10. The highest BCUT2D eigenvalue weighted by Gasteiger charge is 2.15. The fourth-order valence-electron chi connectivity index (χ4n) is 2.10. The third-order valence-electron chi connectivity index (χ3n) is 3.12. The minimum absolute atomic E-state index is 0.262. The van der Waals surface area contributed by atoms with Crippen LogP contribution in [0.4, 0.5) is 0 Å². The van der Waals surface area contributed by atoms with Gasteiger partial charge in [0.1, 0.15) is 0 Å². The van der Waals surface area contributed by atoms with E-state index in [9.17, 15) is 0 Å². The number of nitrogens with zero attached hydrogens (tertiary/aromatic N) is 3. The van der Waals surface area contributed by atoms with Crippen molar-refractivity contribution in [2.45, 2.75) is 26.3 Å². The molecule has 1 heterocycles. The first-order chi connectivity index (χ1) is 8.70. The molecule has 0 spiro atoms. The molecule has 0 saturated heterocycles. The Labute approximate surface area is 108 Å². The quantitative estimate of drug-likeness (QED) is 0.875. The summed E-state index contributed by atoms with van der Waals surface area (Å²) in [4.78, 5) is 0. The summed E-state index contributed by atoms with van der Waals surface area (Å²) in [5, 5.41) is 11.4. The van der Waals surface area contributed by atoms with Gasteiger partial charge < -0.3 is 5.32 Å². The number of hydrogen-bond acceptors (Lipinski definition) is 3. The predicted molar refractivity (Wildman–Crippen MR) is 72.3 cm³/mol. The number of benzene rings is 1. The van der Waals surface area contributed by atoms with Gasteiger partial charge in [-0.25, -0.2) is 0 Å². The Bertz CT molecular complexity index is 487. The first-order valence-corrected chi connectivity index (χ1v) is 6.34. The van der Waals surface area contributed by atoms with Crippen molar-refractivity contribution in [1.82, 2.24) is 20.3 Å². The molecule has 2 rings (SSSR count). The average Bonchev–Trinajstić information content (AvgIpc) is 2.78. The fraction of sp³-hybridized carbons (Fsp3) is 0.429. The summed E-state index contributed by atoms with van der Waals surface area (Å²) in [5.41, 5.74) is 3.74. The lowest BCUT2D eigenvalue weighted by Crippen LogP contribution is -2.25. The van der Waals surface area contributed by atoms with Crippen LogP contribution in [-0.2, 0) is 13.5 Å². The van der Waals surface area contributed by atoms with E-state index in [0.29, 0.717) is 0 Å². The van der Waals surface area contributed by atoms with Crippen LogP contribution >= 0.6 is 0 Å². The molecule has 0 saturated carbocycles. The molecule has 0 amide bonds. The zero-order chi connectivity index (χ0) is 13.0. The Morgan fingerprint density at radius 3 is 2.56 bits per heavy atom. The highest BCUT2D eigenvalue weighted by Crippen LogP contribution is 2.17. The van der Waals surface area contributed by atoms with Gasteiger partial charge in [0, 0.05) is 7.05 Å². The van der Waals surface area contributed by atoms with Gasteiger partial charge in [0.25, 0.3) is 0 Å². The highest BCUT2D eigenvalue weighted by molar-refractivity contribution is 5.23. The second-order valence-corrected chi connectivity index (χ2v) is 4.58. The van der Waals surface area contributed by atoms with Crippen LogP contribution in [0, 0.1) is 6.92 Å². The number of likely N-dealkylation sites (N-methyl/N-ethyl adjacent to an activating group) is 1. The van der Waals surface area contributed by atoms with Crippen molar-refractivity contribution in [3.63, 3.8) is 0 Å². The molecule has 0 aliphatic carbocycles. The summed E-state index contributed by atoms with van der Waals surface area (Å²) in [6.45, 7) is 5.16. The molecule has 0 bridgehead atoms. The van der Waals surface area contributed by atoms with Crippen LogP contribution in [0.2, 0.25) is 0 Å². The Balaban J connectivity index is 2.16. The Morgan fingerprint density at radius 2 is 2.00 bits per heavy atom. The molecule has 1 aromatic heterocycles. The molecule has 0 aliphatic heterocycles. The number of rotatable bonds is 5. The minimum Gasteiger partial charge on any atom is -0.309 e. The van der Waals surface area contributed by atoms with E-state index in [1.807, 2.05) is 17.9 Å². The monoisotopic (exact) mass is 244 g/mol. The Morgan fingerprint density at radius 1 is 1.28 bits per heavy atom. The second-order valence-electron chi connectivity index (χ2n) is 4.58. The normalized spacial score (nSPS) is 12.6. The van der Waals surface area contributed by atoms with Crippen LogP contribution in [-0.4, -0.2) is 21.5 Å². The molecule has 1 atom stereocenters. The maximum atomic E-state index is 4.00. The molecular weight excluding hydrogens is 224 g/mol. The van der Waals surface area contributed by atoms with Crippen molar-refractivity contribution in [2.24, 2.45) is 7.05 Å². The van der Waals surface area contributed by atoms with Crippen molar-refractivity contribution in [1.29, 1.82) is 0 Å². The van der Waals surface area contributed by atoms with Crippen LogP contribution in [0.25, 0.3) is 0 Å². The van der Waals surface area contributed by atoms with Gasteiger partial charge in [0.15, 0.2) is 0 Å². The van der Waals surface area contributed by atoms with Crippen LogP contribution in [0.3, 0.4) is 0 Å². The van der Waals surface area contributed by atoms with Gasteiger partial charge in [-0.2, -0.15) is 0 Å². The summed E-state index contributed by atoms with van der Waals surface area (Å²) < 4.78 is 1.83. The molecule has 2 aromatic rings. The number of hydrogen-bond donors (Lipinski definition) is 1. The van der Waals surface area contributed by atoms with Gasteiger partial charge in [-0.05, 0) is 25.5 Å². The molecule has 0 aliphatic rings. The lowest BCUT2D eigenvalue weighted by atomic mass is 10.0. The van der Waals surface area contributed by atoms with E-state index >= 15 is 0 Å². The van der Waals surface area contributed by atoms with E-state index in [4.69, 9.17) is 0 Å². The van der Waals surface area contributed by atoms with Crippen molar-refractivity contribution in [2.75, 3.05) is 6.54 Å². The number of nitrogens with one attached hydrogen (secondary N) is 1. The maximum Gasteiger partial charge on any atom is 0.0756 e. The molecule has 96 valence electrons. The standard InChI is InChI=1S/C14H20N4/c1-4-15-13(14-10-16-17-18(14)3)9-12-7-5-11(2)6-8-12/h5-8,10,13,15H,4,9H2,1-3H3. The summed E-state index contributed by atoms with van der Waals surface area (Å²) >= 11 is 0. The highest BCUT2D eigenvalue weighted by atomic mass is 15.4. The largest absolute Gasteiger partial charge is 0.309 e. The molecule has 18 heavy (non-hydrogen) atoms. The van der Waals surface area contributed by atoms with Crippen LogP contribution in [0.1, 0.15) is 29.8 Å². The van der Waals surface area contributed by atoms with Gasteiger partial charge in [0.05, 0.1) is 17.9 Å². The van der Waals surface area contributed by atoms with Gasteiger partial charge in [-0.15, -0.1) is 5.10 Å². The molecule has 0 radical (unpaired) electrons.